The molecule has 0 N–H and O–H groups in total. The maximum atomic E-state index is 11.9. The Morgan fingerprint density at radius 2 is 1.05 bits per heavy atom. The summed E-state index contributed by atoms with van der Waals surface area (Å²) in [6.45, 7) is 10.7. The van der Waals surface area contributed by atoms with Crippen molar-refractivity contribution in [2.45, 2.75) is 53.8 Å². The summed E-state index contributed by atoms with van der Waals surface area (Å²) in [4.78, 5) is 23.9. The van der Waals surface area contributed by atoms with E-state index in [-0.39, 0.29) is 11.9 Å². The Morgan fingerprint density at radius 3 is 1.30 bits per heavy atom. The summed E-state index contributed by atoms with van der Waals surface area (Å²) >= 11 is 0. The van der Waals surface area contributed by atoms with Gasteiger partial charge in [-0.1, -0.05) is 12.2 Å². The number of allylic oxidation sites excluding steroid dienone is 2. The molecule has 0 bridgehead atoms. The summed E-state index contributed by atoms with van der Waals surface area (Å²) in [7, 11) is 0. The Balaban J connectivity index is 2.75. The van der Waals surface area contributed by atoms with Gasteiger partial charge < -0.3 is 9.47 Å². The highest BCUT2D eigenvalue weighted by Crippen LogP contribution is 2.23. The monoisotopic (exact) mass is 280 g/mol. The lowest BCUT2D eigenvalue weighted by Gasteiger charge is -2.29. The Labute approximate surface area is 120 Å². The first-order valence-corrected chi connectivity index (χ1v) is 6.79. The van der Waals surface area contributed by atoms with E-state index >= 15 is 0 Å². The first-order valence-electron chi connectivity index (χ1n) is 6.79. The van der Waals surface area contributed by atoms with E-state index in [0.717, 1.165) is 0 Å². The molecule has 2 atom stereocenters. The van der Waals surface area contributed by atoms with Crippen molar-refractivity contribution in [1.82, 2.24) is 0 Å². The predicted molar refractivity (Wildman–Crippen MR) is 77.0 cm³/mol. The van der Waals surface area contributed by atoms with Crippen LogP contribution in [0.15, 0.2) is 24.3 Å². The second-order valence-electron chi connectivity index (χ2n) is 7.01. The van der Waals surface area contributed by atoms with E-state index in [1.54, 1.807) is 65.8 Å². The number of esters is 2. The molecule has 20 heavy (non-hydrogen) atoms. The lowest BCUT2D eigenvalue weighted by atomic mass is 9.96. The van der Waals surface area contributed by atoms with Gasteiger partial charge in [0, 0.05) is 0 Å². The van der Waals surface area contributed by atoms with Crippen LogP contribution in [0.25, 0.3) is 0 Å². The van der Waals surface area contributed by atoms with Crippen LogP contribution in [-0.4, -0.2) is 24.1 Å². The SMILES string of the molecule is CC(C)(C)C(=O)O[C@H]1C=CC=C[C@H]1OC(=O)C(C)(C)C. The molecule has 0 spiro atoms. The van der Waals surface area contributed by atoms with Crippen LogP contribution < -0.4 is 0 Å². The molecule has 1 aliphatic carbocycles. The first kappa shape index (κ1) is 16.5. The zero-order valence-electron chi connectivity index (χ0n) is 13.1. The van der Waals surface area contributed by atoms with Gasteiger partial charge in [0.05, 0.1) is 10.8 Å². The van der Waals surface area contributed by atoms with Crippen molar-refractivity contribution in [3.05, 3.63) is 24.3 Å². The molecule has 112 valence electrons. The third kappa shape index (κ3) is 4.51. The van der Waals surface area contributed by atoms with Gasteiger partial charge in [-0.25, -0.2) is 0 Å². The Morgan fingerprint density at radius 1 is 0.750 bits per heavy atom. The maximum Gasteiger partial charge on any atom is 0.311 e. The quantitative estimate of drug-likeness (QED) is 0.730. The average molecular weight is 280 g/mol. The molecule has 0 unspecified atom stereocenters. The molecule has 0 radical (unpaired) electrons. The van der Waals surface area contributed by atoms with Crippen molar-refractivity contribution in [1.29, 1.82) is 0 Å². The van der Waals surface area contributed by atoms with Crippen LogP contribution in [0, 0.1) is 10.8 Å². The van der Waals surface area contributed by atoms with Crippen molar-refractivity contribution in [2.75, 3.05) is 0 Å². The van der Waals surface area contributed by atoms with Gasteiger partial charge in [-0.05, 0) is 53.7 Å². The minimum absolute atomic E-state index is 0.320. The number of hydrogen-bond donors (Lipinski definition) is 0. The molecular weight excluding hydrogens is 256 g/mol. The molecular formula is C16H24O4. The summed E-state index contributed by atoms with van der Waals surface area (Å²) in [5.74, 6) is -0.640. The van der Waals surface area contributed by atoms with Gasteiger partial charge in [0.1, 0.15) is 0 Å². The topological polar surface area (TPSA) is 52.6 Å². The molecule has 0 heterocycles. The van der Waals surface area contributed by atoms with E-state index in [4.69, 9.17) is 9.47 Å². The normalized spacial score (nSPS) is 22.5. The van der Waals surface area contributed by atoms with E-state index in [9.17, 15) is 9.59 Å². The zero-order valence-corrected chi connectivity index (χ0v) is 13.1. The Hall–Kier alpha value is -1.58. The number of carbonyl (C=O) groups is 2. The van der Waals surface area contributed by atoms with Crippen LogP contribution in [0.3, 0.4) is 0 Å². The molecule has 0 aromatic rings. The molecule has 1 rings (SSSR count). The molecule has 0 saturated heterocycles. The first-order chi connectivity index (χ1) is 9.01. The molecule has 0 aromatic heterocycles. The standard InChI is InChI=1S/C16H24O4/c1-15(2,3)13(17)19-11-9-7-8-10-12(11)20-14(18)16(4,5)6/h7-12H,1-6H3/t11-,12+. The zero-order chi connectivity index (χ0) is 15.6. The summed E-state index contributed by atoms with van der Waals surface area (Å²) in [6, 6.07) is 0. The fourth-order valence-electron chi connectivity index (χ4n) is 1.38. The lowest BCUT2D eigenvalue weighted by molar-refractivity contribution is -0.171. The van der Waals surface area contributed by atoms with Crippen LogP contribution in [0.5, 0.6) is 0 Å². The van der Waals surface area contributed by atoms with E-state index in [1.807, 2.05) is 0 Å². The third-order valence-electron chi connectivity index (χ3n) is 2.75. The van der Waals surface area contributed by atoms with Crippen LogP contribution >= 0.6 is 0 Å². The Kier molecular flexibility index (Phi) is 4.79. The molecule has 0 aromatic carbocycles. The summed E-state index contributed by atoms with van der Waals surface area (Å²) in [5, 5.41) is 0. The average Bonchev–Trinajstić information content (AvgIpc) is 2.29. The number of carbonyl (C=O) groups excluding carboxylic acids is 2. The molecule has 0 amide bonds. The minimum Gasteiger partial charge on any atom is -0.453 e. The maximum absolute atomic E-state index is 11.9. The third-order valence-corrected chi connectivity index (χ3v) is 2.75. The molecule has 1 aliphatic rings. The summed E-state index contributed by atoms with van der Waals surface area (Å²) in [5.41, 5.74) is -1.18. The fourth-order valence-corrected chi connectivity index (χ4v) is 1.38. The van der Waals surface area contributed by atoms with E-state index in [2.05, 4.69) is 0 Å². The van der Waals surface area contributed by atoms with E-state index in [0.29, 0.717) is 0 Å². The number of rotatable bonds is 2. The van der Waals surface area contributed by atoms with Crippen molar-refractivity contribution in [3.63, 3.8) is 0 Å². The highest BCUT2D eigenvalue weighted by molar-refractivity contribution is 5.77. The highest BCUT2D eigenvalue weighted by atomic mass is 16.6. The molecule has 4 nitrogen and oxygen atoms in total. The highest BCUT2D eigenvalue weighted by Gasteiger charge is 2.33. The second-order valence-corrected chi connectivity index (χ2v) is 7.01. The van der Waals surface area contributed by atoms with Crippen molar-refractivity contribution in [3.8, 4) is 0 Å². The van der Waals surface area contributed by atoms with Crippen LogP contribution in [-0.2, 0) is 19.1 Å². The van der Waals surface area contributed by atoms with Crippen LogP contribution in [0.4, 0.5) is 0 Å². The molecule has 0 aliphatic heterocycles. The van der Waals surface area contributed by atoms with Gasteiger partial charge in [-0.15, -0.1) is 0 Å². The van der Waals surface area contributed by atoms with Crippen molar-refractivity contribution < 1.29 is 19.1 Å². The summed E-state index contributed by atoms with van der Waals surface area (Å²) < 4.78 is 10.9. The van der Waals surface area contributed by atoms with Gasteiger partial charge in [-0.2, -0.15) is 0 Å². The van der Waals surface area contributed by atoms with Gasteiger partial charge in [0.25, 0.3) is 0 Å². The van der Waals surface area contributed by atoms with Gasteiger partial charge in [-0.3, -0.25) is 9.59 Å². The van der Waals surface area contributed by atoms with Crippen molar-refractivity contribution in [2.24, 2.45) is 10.8 Å². The van der Waals surface area contributed by atoms with Gasteiger partial charge >= 0.3 is 11.9 Å². The minimum atomic E-state index is -0.590. The Bertz CT molecular complexity index is 390. The van der Waals surface area contributed by atoms with Gasteiger partial charge in [0.2, 0.25) is 0 Å². The smallest absolute Gasteiger partial charge is 0.311 e. The summed E-state index contributed by atoms with van der Waals surface area (Å²) in [6.07, 6.45) is 5.87. The van der Waals surface area contributed by atoms with Crippen LogP contribution in [0.2, 0.25) is 0 Å². The number of hydrogen-bond acceptors (Lipinski definition) is 4. The predicted octanol–water partition coefficient (Wildman–Crippen LogP) is 3.03. The number of ether oxygens (including phenoxy) is 2. The second kappa shape index (κ2) is 5.81. The molecule has 4 heteroatoms. The van der Waals surface area contributed by atoms with E-state index < -0.39 is 23.0 Å². The lowest BCUT2D eigenvalue weighted by Crippen LogP contribution is -2.39. The molecule has 0 fully saturated rings. The van der Waals surface area contributed by atoms with E-state index in [1.165, 1.54) is 0 Å². The largest absolute Gasteiger partial charge is 0.453 e. The van der Waals surface area contributed by atoms with Crippen LogP contribution in [0.1, 0.15) is 41.5 Å². The van der Waals surface area contributed by atoms with Crippen molar-refractivity contribution >= 4 is 11.9 Å². The van der Waals surface area contributed by atoms with Gasteiger partial charge in [0.15, 0.2) is 12.2 Å². The fraction of sp³-hybridized carbons (Fsp3) is 0.625. The molecule has 0 saturated carbocycles.